The van der Waals surface area contributed by atoms with Gasteiger partial charge in [-0.3, -0.25) is 9.69 Å². The monoisotopic (exact) mass is 510 g/mol. The average Bonchev–Trinajstić information content (AvgIpc) is 2.84. The third-order valence-electron chi connectivity index (χ3n) is 5.56. The third-order valence-corrected chi connectivity index (χ3v) is 6.14. The van der Waals surface area contributed by atoms with Crippen LogP contribution in [0, 0.1) is 0 Å². The Hall–Kier alpha value is -3.01. The molecule has 3 aromatic rings. The third kappa shape index (κ3) is 5.68. The molecule has 172 valence electrons. The quantitative estimate of drug-likeness (QED) is 0.420. The van der Waals surface area contributed by atoms with Crippen molar-refractivity contribution in [3.63, 3.8) is 0 Å². The van der Waals surface area contributed by atoms with Crippen molar-refractivity contribution in [2.75, 3.05) is 44.5 Å². The van der Waals surface area contributed by atoms with Crippen LogP contribution in [-0.4, -0.2) is 54.6 Å². The van der Waals surface area contributed by atoms with Gasteiger partial charge in [-0.05, 0) is 57.7 Å². The van der Waals surface area contributed by atoms with Crippen molar-refractivity contribution in [1.29, 1.82) is 0 Å². The Morgan fingerprint density at radius 1 is 1.18 bits per heavy atom. The van der Waals surface area contributed by atoms with Crippen molar-refractivity contribution in [2.24, 2.45) is 0 Å². The largest absolute Gasteiger partial charge is 0.383 e. The van der Waals surface area contributed by atoms with Gasteiger partial charge < -0.3 is 20.7 Å². The summed E-state index contributed by atoms with van der Waals surface area (Å²) < 4.78 is 5.90. The summed E-state index contributed by atoms with van der Waals surface area (Å²) in [5.41, 5.74) is 4.82. The molecule has 8 nitrogen and oxygen atoms in total. The van der Waals surface area contributed by atoms with Gasteiger partial charge in [-0.15, -0.1) is 0 Å². The molecule has 3 N–H and O–H groups in total. The van der Waals surface area contributed by atoms with Crippen molar-refractivity contribution in [1.82, 2.24) is 20.2 Å². The molecule has 9 heteroatoms. The second-order valence-electron chi connectivity index (χ2n) is 7.77. The summed E-state index contributed by atoms with van der Waals surface area (Å²) in [7, 11) is 3.35. The lowest BCUT2D eigenvalue weighted by Crippen LogP contribution is -2.33. The molecule has 2 aromatic carbocycles. The number of nitrogens with zero attached hydrogens (tertiary/aromatic N) is 3. The number of ether oxygens (including phenoxy) is 1. The number of carbonyl (C=O) groups is 1. The van der Waals surface area contributed by atoms with E-state index in [1.54, 1.807) is 26.4 Å². The second kappa shape index (κ2) is 10.7. The van der Waals surface area contributed by atoms with Gasteiger partial charge in [0.05, 0.1) is 22.3 Å². The fourth-order valence-corrected chi connectivity index (χ4v) is 4.09. The van der Waals surface area contributed by atoms with Crippen LogP contribution in [0.25, 0.3) is 0 Å². The van der Waals surface area contributed by atoms with Gasteiger partial charge in [-0.25, -0.2) is 4.98 Å². The lowest BCUT2D eigenvalue weighted by molar-refractivity contribution is 0.0964. The summed E-state index contributed by atoms with van der Waals surface area (Å²) in [4.78, 5) is 23.6. The molecule has 1 aliphatic heterocycles. The molecule has 0 radical (unpaired) electrons. The fraction of sp³-hybridized carbons (Fsp3) is 0.292. The maximum absolute atomic E-state index is 12.2. The first-order valence-corrected chi connectivity index (χ1v) is 11.6. The number of carbonyl (C=O) groups excluding carboxylic acids is 1. The minimum Gasteiger partial charge on any atom is -0.383 e. The molecular formula is C24H27BrN6O2. The number of anilines is 4. The maximum Gasteiger partial charge on any atom is 0.253 e. The summed E-state index contributed by atoms with van der Waals surface area (Å²) in [5.74, 6) is 0.864. The van der Waals surface area contributed by atoms with Crippen LogP contribution in [0.1, 0.15) is 21.5 Å². The van der Waals surface area contributed by atoms with Gasteiger partial charge >= 0.3 is 0 Å². The molecule has 2 heterocycles. The lowest BCUT2D eigenvalue weighted by atomic mass is 9.99. The highest BCUT2D eigenvalue weighted by molar-refractivity contribution is 9.10. The van der Waals surface area contributed by atoms with Gasteiger partial charge in [0.1, 0.15) is 5.82 Å². The number of fused-ring (bicyclic) bond motifs is 1. The van der Waals surface area contributed by atoms with Crippen LogP contribution >= 0.6 is 15.9 Å². The highest BCUT2D eigenvalue weighted by atomic mass is 79.9. The summed E-state index contributed by atoms with van der Waals surface area (Å²) >= 11 is 3.50. The standard InChI is InChI=1S/C24H27BrN6O2/c1-26-23(32)19-5-3-4-6-21(19)29-22-20(25)14-27-24(30-22)28-18-8-7-17-15-31(11-12-33-2)10-9-16(17)13-18/h3-8,13-14H,9-12,15H2,1-2H3,(H,26,32)(H2,27,28,29,30). The smallest absolute Gasteiger partial charge is 0.253 e. The van der Waals surface area contributed by atoms with Crippen LogP contribution in [0.15, 0.2) is 53.1 Å². The molecule has 0 spiro atoms. The zero-order valence-corrected chi connectivity index (χ0v) is 20.3. The van der Waals surface area contributed by atoms with E-state index >= 15 is 0 Å². The highest BCUT2D eigenvalue weighted by Gasteiger charge is 2.17. The highest BCUT2D eigenvalue weighted by Crippen LogP contribution is 2.28. The van der Waals surface area contributed by atoms with E-state index in [4.69, 9.17) is 4.74 Å². The zero-order chi connectivity index (χ0) is 23.2. The Labute approximate surface area is 201 Å². The number of para-hydroxylation sites is 1. The van der Waals surface area contributed by atoms with Gasteiger partial charge in [-0.1, -0.05) is 18.2 Å². The first-order valence-electron chi connectivity index (χ1n) is 10.8. The van der Waals surface area contributed by atoms with Gasteiger partial charge in [0, 0.05) is 45.7 Å². The minimum absolute atomic E-state index is 0.170. The SMILES string of the molecule is CNC(=O)c1ccccc1Nc1nc(Nc2ccc3c(c2)CCN(CCOC)C3)ncc1Br. The van der Waals surface area contributed by atoms with Crippen LogP contribution in [0.2, 0.25) is 0 Å². The number of hydrogen-bond acceptors (Lipinski definition) is 7. The summed E-state index contributed by atoms with van der Waals surface area (Å²) in [6.45, 7) is 3.65. The molecule has 0 saturated carbocycles. The minimum atomic E-state index is -0.170. The van der Waals surface area contributed by atoms with Crippen LogP contribution in [0.3, 0.4) is 0 Å². The predicted octanol–water partition coefficient (Wildman–Crippen LogP) is 4.09. The summed E-state index contributed by atoms with van der Waals surface area (Å²) in [6, 6.07) is 13.7. The molecule has 1 amide bonds. The predicted molar refractivity (Wildman–Crippen MR) is 133 cm³/mol. The average molecular weight is 511 g/mol. The Morgan fingerprint density at radius 3 is 2.85 bits per heavy atom. The van der Waals surface area contributed by atoms with Crippen LogP contribution in [0.4, 0.5) is 23.1 Å². The van der Waals surface area contributed by atoms with Crippen molar-refractivity contribution < 1.29 is 9.53 Å². The molecular weight excluding hydrogens is 484 g/mol. The van der Waals surface area contributed by atoms with E-state index in [1.165, 1.54) is 11.1 Å². The molecule has 1 aliphatic rings. The Morgan fingerprint density at radius 2 is 2.03 bits per heavy atom. The van der Waals surface area contributed by atoms with Crippen molar-refractivity contribution in [3.8, 4) is 0 Å². The Balaban J connectivity index is 1.50. The van der Waals surface area contributed by atoms with E-state index in [9.17, 15) is 4.79 Å². The van der Waals surface area contributed by atoms with E-state index in [-0.39, 0.29) is 5.91 Å². The number of halogens is 1. The molecule has 4 rings (SSSR count). The molecule has 33 heavy (non-hydrogen) atoms. The topological polar surface area (TPSA) is 91.4 Å². The number of amides is 1. The molecule has 0 aliphatic carbocycles. The number of aromatic nitrogens is 2. The van der Waals surface area contributed by atoms with Crippen molar-refractivity contribution >= 4 is 45.0 Å². The van der Waals surface area contributed by atoms with Crippen LogP contribution in [-0.2, 0) is 17.7 Å². The van der Waals surface area contributed by atoms with E-state index < -0.39 is 0 Å². The van der Waals surface area contributed by atoms with Gasteiger partial charge in [-0.2, -0.15) is 4.98 Å². The number of hydrogen-bond donors (Lipinski definition) is 3. The van der Waals surface area contributed by atoms with Crippen LogP contribution in [0.5, 0.6) is 0 Å². The maximum atomic E-state index is 12.2. The van der Waals surface area contributed by atoms with E-state index in [2.05, 4.69) is 64.9 Å². The summed E-state index contributed by atoms with van der Waals surface area (Å²) in [5, 5.41) is 9.20. The number of rotatable bonds is 8. The van der Waals surface area contributed by atoms with Crippen LogP contribution < -0.4 is 16.0 Å². The molecule has 0 unspecified atom stereocenters. The van der Waals surface area contributed by atoms with Crippen molar-refractivity contribution in [3.05, 3.63) is 69.8 Å². The zero-order valence-electron chi connectivity index (χ0n) is 18.7. The molecule has 0 fully saturated rings. The van der Waals surface area contributed by atoms with Gasteiger partial charge in [0.15, 0.2) is 0 Å². The van der Waals surface area contributed by atoms with Gasteiger partial charge in [0.25, 0.3) is 5.91 Å². The normalized spacial score (nSPS) is 13.3. The van der Waals surface area contributed by atoms with Crippen molar-refractivity contribution in [2.45, 2.75) is 13.0 Å². The molecule has 0 atom stereocenters. The Kier molecular flexibility index (Phi) is 7.54. The Bertz CT molecular complexity index is 1140. The molecule has 0 bridgehead atoms. The first kappa shape index (κ1) is 23.2. The van der Waals surface area contributed by atoms with E-state index in [0.29, 0.717) is 27.5 Å². The lowest BCUT2D eigenvalue weighted by Gasteiger charge is -2.28. The number of methoxy groups -OCH3 is 1. The molecule has 0 saturated heterocycles. The van der Waals surface area contributed by atoms with Gasteiger partial charge in [0.2, 0.25) is 5.95 Å². The number of nitrogens with one attached hydrogen (secondary N) is 3. The second-order valence-corrected chi connectivity index (χ2v) is 8.62. The fourth-order valence-electron chi connectivity index (χ4n) is 3.80. The number of benzene rings is 2. The molecule has 1 aromatic heterocycles. The first-order chi connectivity index (χ1) is 16.1. The van der Waals surface area contributed by atoms with E-state index in [0.717, 1.165) is 38.3 Å². The summed E-state index contributed by atoms with van der Waals surface area (Å²) in [6.07, 6.45) is 2.69. The van der Waals surface area contributed by atoms with E-state index in [1.807, 2.05) is 18.2 Å².